The maximum absolute atomic E-state index is 12.8. The zero-order valence-corrected chi connectivity index (χ0v) is 17.0. The van der Waals surface area contributed by atoms with Gasteiger partial charge in [0.2, 0.25) is 10.0 Å². The summed E-state index contributed by atoms with van der Waals surface area (Å²) in [4.78, 5) is 12.7. The van der Waals surface area contributed by atoms with Gasteiger partial charge in [0, 0.05) is 10.7 Å². The summed E-state index contributed by atoms with van der Waals surface area (Å²) in [6, 6.07) is 13.2. The van der Waals surface area contributed by atoms with Crippen molar-refractivity contribution in [2.75, 3.05) is 5.32 Å². The van der Waals surface area contributed by atoms with E-state index in [2.05, 4.69) is 15.4 Å². The molecule has 28 heavy (non-hydrogen) atoms. The van der Waals surface area contributed by atoms with E-state index in [1.54, 1.807) is 48.5 Å². The Hall–Kier alpha value is -2.09. The highest BCUT2D eigenvalue weighted by Crippen LogP contribution is 2.57. The molecule has 0 radical (unpaired) electrons. The van der Waals surface area contributed by atoms with E-state index in [0.29, 0.717) is 23.6 Å². The fourth-order valence-electron chi connectivity index (χ4n) is 3.60. The molecule has 0 aromatic heterocycles. The van der Waals surface area contributed by atoms with Crippen LogP contribution in [0.4, 0.5) is 10.5 Å². The van der Waals surface area contributed by atoms with E-state index in [1.165, 1.54) is 0 Å². The minimum Gasteiger partial charge on any atom is -0.331 e. The predicted octanol–water partition coefficient (Wildman–Crippen LogP) is 3.81. The number of urea groups is 1. The van der Waals surface area contributed by atoms with Crippen molar-refractivity contribution in [3.05, 3.63) is 59.1 Å². The Morgan fingerprint density at radius 1 is 0.929 bits per heavy atom. The van der Waals surface area contributed by atoms with E-state index >= 15 is 0 Å². The maximum Gasteiger partial charge on any atom is 0.319 e. The summed E-state index contributed by atoms with van der Waals surface area (Å²) in [7, 11) is -3.65. The molecule has 0 aliphatic heterocycles. The molecule has 2 aromatic carbocycles. The van der Waals surface area contributed by atoms with Crippen LogP contribution in [0.1, 0.15) is 31.2 Å². The molecule has 2 saturated carbocycles. The molecule has 0 atom stereocenters. The Morgan fingerprint density at radius 3 is 2.04 bits per heavy atom. The van der Waals surface area contributed by atoms with E-state index in [4.69, 9.17) is 11.6 Å². The van der Waals surface area contributed by atoms with Crippen LogP contribution in [0.2, 0.25) is 5.02 Å². The fourth-order valence-corrected chi connectivity index (χ4v) is 5.25. The van der Waals surface area contributed by atoms with Crippen LogP contribution in [-0.2, 0) is 10.0 Å². The topological polar surface area (TPSA) is 87.3 Å². The van der Waals surface area contributed by atoms with Gasteiger partial charge in [0.1, 0.15) is 0 Å². The smallest absolute Gasteiger partial charge is 0.319 e. The van der Waals surface area contributed by atoms with E-state index in [9.17, 15) is 13.2 Å². The first-order valence-electron chi connectivity index (χ1n) is 9.19. The number of hydrogen-bond donors (Lipinski definition) is 3. The molecule has 2 amide bonds. The molecule has 0 spiro atoms. The SMILES string of the molecule is Cc1ccc(S(=O)(=O)NC2(C3(NC(=O)Nc4ccc(Cl)cc4)CC3)CC2)cc1. The van der Waals surface area contributed by atoms with E-state index in [-0.39, 0.29) is 10.9 Å². The normalized spacial score (nSPS) is 18.9. The van der Waals surface area contributed by atoms with Gasteiger partial charge in [-0.1, -0.05) is 29.3 Å². The molecule has 4 rings (SSSR count). The van der Waals surface area contributed by atoms with Crippen molar-refractivity contribution in [1.29, 1.82) is 0 Å². The average Bonchev–Trinajstić information content (AvgIpc) is 3.55. The van der Waals surface area contributed by atoms with Gasteiger partial charge >= 0.3 is 6.03 Å². The first kappa shape index (κ1) is 19.2. The number of benzene rings is 2. The van der Waals surface area contributed by atoms with Crippen LogP contribution in [0.3, 0.4) is 0 Å². The molecule has 3 N–H and O–H groups in total. The Kier molecular flexibility index (Phi) is 4.64. The number of carbonyl (C=O) groups is 1. The summed E-state index contributed by atoms with van der Waals surface area (Å²) in [6.07, 6.45) is 2.91. The van der Waals surface area contributed by atoms with Crippen molar-refractivity contribution >= 4 is 33.3 Å². The van der Waals surface area contributed by atoms with E-state index in [1.807, 2.05) is 6.92 Å². The van der Waals surface area contributed by atoms with Gasteiger partial charge in [-0.3, -0.25) is 0 Å². The zero-order chi connectivity index (χ0) is 20.0. The maximum atomic E-state index is 12.8. The van der Waals surface area contributed by atoms with Gasteiger partial charge in [-0.2, -0.15) is 0 Å². The summed E-state index contributed by atoms with van der Waals surface area (Å²) < 4.78 is 28.5. The zero-order valence-electron chi connectivity index (χ0n) is 15.5. The Balaban J connectivity index is 1.46. The standard InChI is InChI=1S/C20H22ClN3O3S/c1-14-2-8-17(9-3-14)28(26,27)24-20(12-13-20)19(10-11-19)23-18(25)22-16-6-4-15(21)5-7-16/h2-9,24H,10-13H2,1H3,(H2,22,23,25). The number of halogens is 1. The highest BCUT2D eigenvalue weighted by Gasteiger charge is 2.67. The lowest BCUT2D eigenvalue weighted by Crippen LogP contribution is -2.56. The van der Waals surface area contributed by atoms with Gasteiger partial charge in [-0.05, 0) is 69.0 Å². The van der Waals surface area contributed by atoms with Crippen molar-refractivity contribution in [3.63, 3.8) is 0 Å². The third-order valence-corrected chi connectivity index (χ3v) is 7.34. The van der Waals surface area contributed by atoms with E-state index < -0.39 is 21.1 Å². The first-order chi connectivity index (χ1) is 13.2. The second kappa shape index (κ2) is 6.76. The average molecular weight is 420 g/mol. The summed E-state index contributed by atoms with van der Waals surface area (Å²) in [6.45, 7) is 1.91. The molecule has 0 saturated heterocycles. The Labute approximate surface area is 169 Å². The molecule has 2 aliphatic carbocycles. The molecule has 0 unspecified atom stereocenters. The number of hydrogen-bond acceptors (Lipinski definition) is 3. The van der Waals surface area contributed by atoms with Crippen molar-refractivity contribution in [2.24, 2.45) is 0 Å². The second-order valence-electron chi connectivity index (χ2n) is 7.67. The second-order valence-corrected chi connectivity index (χ2v) is 9.79. The van der Waals surface area contributed by atoms with Crippen LogP contribution >= 0.6 is 11.6 Å². The van der Waals surface area contributed by atoms with Crippen LogP contribution < -0.4 is 15.4 Å². The first-order valence-corrected chi connectivity index (χ1v) is 11.1. The molecule has 2 aromatic rings. The van der Waals surface area contributed by atoms with Gasteiger partial charge in [0.25, 0.3) is 0 Å². The van der Waals surface area contributed by atoms with Gasteiger partial charge < -0.3 is 10.6 Å². The Morgan fingerprint density at radius 2 is 1.50 bits per heavy atom. The van der Waals surface area contributed by atoms with Crippen molar-refractivity contribution < 1.29 is 13.2 Å². The summed E-state index contributed by atoms with van der Waals surface area (Å²) in [5.74, 6) is 0. The van der Waals surface area contributed by atoms with Crippen LogP contribution in [-0.4, -0.2) is 25.5 Å². The molecule has 2 aliphatic rings. The molecular formula is C20H22ClN3O3S. The van der Waals surface area contributed by atoms with Gasteiger partial charge in [-0.25, -0.2) is 17.9 Å². The third kappa shape index (κ3) is 3.74. The number of amides is 2. The lowest BCUT2D eigenvalue weighted by atomic mass is 10.1. The summed E-state index contributed by atoms with van der Waals surface area (Å²) in [5.41, 5.74) is 0.470. The molecule has 148 valence electrons. The number of sulfonamides is 1. The molecular weight excluding hydrogens is 398 g/mol. The van der Waals surface area contributed by atoms with Crippen molar-refractivity contribution in [1.82, 2.24) is 10.0 Å². The van der Waals surface area contributed by atoms with Gasteiger partial charge in [0.15, 0.2) is 0 Å². The van der Waals surface area contributed by atoms with Crippen LogP contribution in [0.15, 0.2) is 53.4 Å². The highest BCUT2D eigenvalue weighted by atomic mass is 35.5. The summed E-state index contributed by atoms with van der Waals surface area (Å²) >= 11 is 5.86. The number of rotatable bonds is 6. The molecule has 2 fully saturated rings. The molecule has 6 nitrogen and oxygen atoms in total. The largest absolute Gasteiger partial charge is 0.331 e. The van der Waals surface area contributed by atoms with Crippen molar-refractivity contribution in [2.45, 2.75) is 48.6 Å². The summed E-state index contributed by atoms with van der Waals surface area (Å²) in [5, 5.41) is 6.38. The minimum absolute atomic E-state index is 0.241. The van der Waals surface area contributed by atoms with Crippen molar-refractivity contribution in [3.8, 4) is 0 Å². The minimum atomic E-state index is -3.65. The lowest BCUT2D eigenvalue weighted by molar-refractivity contribution is 0.242. The number of carbonyl (C=O) groups excluding carboxylic acids is 1. The van der Waals surface area contributed by atoms with Crippen LogP contribution in [0.5, 0.6) is 0 Å². The van der Waals surface area contributed by atoms with Crippen LogP contribution in [0, 0.1) is 6.92 Å². The lowest BCUT2D eigenvalue weighted by Gasteiger charge is -2.29. The predicted molar refractivity (Wildman–Crippen MR) is 109 cm³/mol. The number of nitrogens with one attached hydrogen (secondary N) is 3. The van der Waals surface area contributed by atoms with E-state index in [0.717, 1.165) is 18.4 Å². The number of anilines is 1. The molecule has 0 bridgehead atoms. The van der Waals surface area contributed by atoms with Crippen LogP contribution in [0.25, 0.3) is 0 Å². The van der Waals surface area contributed by atoms with Gasteiger partial charge in [-0.15, -0.1) is 0 Å². The van der Waals surface area contributed by atoms with Gasteiger partial charge in [0.05, 0.1) is 16.0 Å². The third-order valence-electron chi connectivity index (χ3n) is 5.53. The monoisotopic (exact) mass is 419 g/mol. The quantitative estimate of drug-likeness (QED) is 0.665. The molecule has 0 heterocycles. The number of aryl methyl sites for hydroxylation is 1. The highest BCUT2D eigenvalue weighted by molar-refractivity contribution is 7.89. The fraction of sp³-hybridized carbons (Fsp3) is 0.350. The Bertz CT molecular complexity index is 996. The molecule has 8 heteroatoms.